The van der Waals surface area contributed by atoms with Crippen molar-refractivity contribution in [3.8, 4) is 11.8 Å². The van der Waals surface area contributed by atoms with Crippen LogP contribution < -0.4 is 11.1 Å². The summed E-state index contributed by atoms with van der Waals surface area (Å²) in [5.41, 5.74) is 6.62. The number of imidazole rings is 1. The molecule has 41 heavy (non-hydrogen) atoms. The summed E-state index contributed by atoms with van der Waals surface area (Å²) in [6.07, 6.45) is -1.70. The van der Waals surface area contributed by atoms with Crippen LogP contribution in [0.1, 0.15) is 44.7 Å². The van der Waals surface area contributed by atoms with Crippen LogP contribution in [0.5, 0.6) is 0 Å². The van der Waals surface area contributed by atoms with E-state index in [1.807, 2.05) is 0 Å². The first kappa shape index (κ1) is 28.5. The molecular weight excluding hydrogens is 536 g/mol. The number of hydrogen-bond acceptors (Lipinski definition) is 11. The maximum Gasteiger partial charge on any atom is 0.409 e. The van der Waals surface area contributed by atoms with Crippen molar-refractivity contribution < 1.29 is 34.1 Å². The van der Waals surface area contributed by atoms with Gasteiger partial charge in [-0.1, -0.05) is 5.92 Å². The van der Waals surface area contributed by atoms with Gasteiger partial charge in [0, 0.05) is 33.1 Å². The van der Waals surface area contributed by atoms with Crippen molar-refractivity contribution in [2.75, 3.05) is 39.0 Å². The summed E-state index contributed by atoms with van der Waals surface area (Å²) in [4.78, 5) is 52.1. The lowest BCUT2D eigenvalue weighted by atomic mass is 9.94. The summed E-state index contributed by atoms with van der Waals surface area (Å²) >= 11 is 0. The topological polar surface area (TPSA) is 198 Å². The first-order valence-electron chi connectivity index (χ1n) is 13.6. The van der Waals surface area contributed by atoms with E-state index in [4.69, 9.17) is 15.2 Å². The van der Waals surface area contributed by atoms with E-state index in [2.05, 4.69) is 32.1 Å². The van der Waals surface area contributed by atoms with E-state index in [0.717, 1.165) is 12.8 Å². The number of hydrogen-bond donors (Lipinski definition) is 4. The number of likely N-dealkylation sites (tertiary alicyclic amines) is 2. The van der Waals surface area contributed by atoms with Gasteiger partial charge in [0.15, 0.2) is 23.8 Å². The van der Waals surface area contributed by atoms with E-state index in [1.54, 1.807) is 23.8 Å². The van der Waals surface area contributed by atoms with Crippen LogP contribution >= 0.6 is 0 Å². The molecule has 0 bridgehead atoms. The monoisotopic (exact) mass is 570 g/mol. The van der Waals surface area contributed by atoms with Crippen LogP contribution in [-0.2, 0) is 19.1 Å². The summed E-state index contributed by atoms with van der Waals surface area (Å²) in [5, 5.41) is 23.5. The number of likely N-dealkylation sites (N-methyl/N-ethyl adjacent to an activating group) is 2. The van der Waals surface area contributed by atoms with E-state index in [1.165, 1.54) is 10.9 Å². The van der Waals surface area contributed by atoms with Crippen LogP contribution in [0, 0.1) is 17.8 Å². The average Bonchev–Trinajstić information content (AvgIpc) is 3.51. The molecule has 15 nitrogen and oxygen atoms in total. The third-order valence-electron chi connectivity index (χ3n) is 7.78. The van der Waals surface area contributed by atoms with Gasteiger partial charge in [0.25, 0.3) is 5.91 Å². The molecule has 0 aromatic carbocycles. The predicted octanol–water partition coefficient (Wildman–Crippen LogP) is -1.02. The lowest BCUT2D eigenvalue weighted by Gasteiger charge is -2.37. The number of nitrogens with two attached hydrogens (primary N) is 1. The van der Waals surface area contributed by atoms with Gasteiger partial charge in [-0.15, -0.1) is 0 Å². The molecule has 3 saturated heterocycles. The van der Waals surface area contributed by atoms with Gasteiger partial charge in [0.2, 0.25) is 11.7 Å². The van der Waals surface area contributed by atoms with Crippen molar-refractivity contribution in [3.05, 3.63) is 12.2 Å². The van der Waals surface area contributed by atoms with Gasteiger partial charge < -0.3 is 40.5 Å². The Kier molecular flexibility index (Phi) is 8.25. The molecular formula is C26H34N8O7. The Morgan fingerprint density at radius 2 is 2.00 bits per heavy atom. The number of fused-ring (bicyclic) bond motifs is 1. The van der Waals surface area contributed by atoms with Crippen molar-refractivity contribution in [3.63, 3.8) is 0 Å². The number of anilines is 1. The number of aliphatic hydroxyl groups is 2. The van der Waals surface area contributed by atoms with Gasteiger partial charge in [0.1, 0.15) is 24.3 Å². The fraction of sp³-hybridized carbons (Fsp3) is 0.615. The molecule has 5 atom stereocenters. The van der Waals surface area contributed by atoms with Crippen molar-refractivity contribution >= 4 is 34.9 Å². The molecule has 0 spiro atoms. The first-order chi connectivity index (χ1) is 19.7. The Bertz CT molecular complexity index is 1380. The largest absolute Gasteiger partial charge is 0.447 e. The fourth-order valence-electron chi connectivity index (χ4n) is 5.16. The van der Waals surface area contributed by atoms with Gasteiger partial charge in [-0.25, -0.2) is 19.7 Å². The highest BCUT2D eigenvalue weighted by molar-refractivity contribution is 5.83. The molecule has 0 saturated carbocycles. The summed E-state index contributed by atoms with van der Waals surface area (Å²) in [5.74, 6) is 6.09. The smallest absolute Gasteiger partial charge is 0.409 e. The number of aliphatic hydroxyl groups excluding tert-OH is 2. The normalized spacial score (nSPS) is 26.4. The molecule has 5 N–H and O–H groups in total. The van der Waals surface area contributed by atoms with Gasteiger partial charge in [-0.3, -0.25) is 14.2 Å². The third-order valence-corrected chi connectivity index (χ3v) is 7.78. The number of carbonyl (C=O) groups is 3. The molecule has 2 aromatic heterocycles. The zero-order valence-corrected chi connectivity index (χ0v) is 22.9. The number of piperidine rings is 1. The quantitative estimate of drug-likeness (QED) is 0.245. The van der Waals surface area contributed by atoms with Gasteiger partial charge in [-0.2, -0.15) is 0 Å². The Morgan fingerprint density at radius 1 is 1.24 bits per heavy atom. The Labute approximate surface area is 236 Å². The Morgan fingerprint density at radius 3 is 2.68 bits per heavy atom. The standard InChI is InChI=1S/C26H34N8O7/c1-3-28-24(38)21-19(36)20(37)25(41-21)34-13-29-18-22(27)30-16(31-23(18)34)6-4-5-14-7-9-33(10-8-14)26(39)40-12-15-11-17(35)32(15)2/h13-15,19-21,25,36-37H,3,5,7-12H2,1-2H3,(H,28,38)(H2,27,30,31)/t15?,19-,20+,21-,25+/m0/s1. The minimum Gasteiger partial charge on any atom is -0.447 e. The van der Waals surface area contributed by atoms with Crippen LogP contribution in [0.15, 0.2) is 6.33 Å². The highest BCUT2D eigenvalue weighted by Gasteiger charge is 2.47. The molecule has 5 heterocycles. The Hall–Kier alpha value is -4.00. The van der Waals surface area contributed by atoms with Crippen molar-refractivity contribution in [2.45, 2.75) is 63.2 Å². The van der Waals surface area contributed by atoms with E-state index >= 15 is 0 Å². The summed E-state index contributed by atoms with van der Waals surface area (Å²) in [6, 6.07) is -0.0417. The number of nitrogens with one attached hydrogen (secondary N) is 1. The molecule has 1 unspecified atom stereocenters. The molecule has 3 aliphatic rings. The number of rotatable bonds is 6. The SMILES string of the molecule is CCNC(=O)[C@H]1O[C@@H](n2cnc3c(N)nc(C#CCC4CCN(C(=O)OCC5CC(=O)N5C)CC4)nc32)[C@H](O)[C@@H]1O. The second-order valence-electron chi connectivity index (χ2n) is 10.5. The molecule has 0 aliphatic carbocycles. The number of β-lactam (4-membered cyclic amide) rings is 1. The van der Waals surface area contributed by atoms with Crippen LogP contribution in [0.3, 0.4) is 0 Å². The molecule has 5 rings (SSSR count). The molecule has 3 amide bonds. The van der Waals surface area contributed by atoms with Crippen LogP contribution in [-0.4, -0.2) is 115 Å². The van der Waals surface area contributed by atoms with E-state index < -0.39 is 30.4 Å². The number of nitrogen functional groups attached to an aromatic ring is 1. The highest BCUT2D eigenvalue weighted by Crippen LogP contribution is 2.32. The number of nitrogens with zero attached hydrogens (tertiary/aromatic N) is 6. The number of ether oxygens (including phenoxy) is 2. The number of aromatic nitrogens is 4. The molecule has 15 heteroatoms. The van der Waals surface area contributed by atoms with Gasteiger partial charge in [0.05, 0.1) is 18.8 Å². The first-order valence-corrected chi connectivity index (χ1v) is 13.6. The van der Waals surface area contributed by atoms with Crippen molar-refractivity contribution in [1.82, 2.24) is 34.6 Å². The van der Waals surface area contributed by atoms with Gasteiger partial charge >= 0.3 is 6.09 Å². The van der Waals surface area contributed by atoms with Crippen LogP contribution in [0.25, 0.3) is 11.2 Å². The minimum atomic E-state index is -1.44. The Balaban J connectivity index is 1.18. The lowest BCUT2D eigenvalue weighted by Crippen LogP contribution is -2.53. The van der Waals surface area contributed by atoms with Crippen molar-refractivity contribution in [2.24, 2.45) is 5.92 Å². The average molecular weight is 571 g/mol. The van der Waals surface area contributed by atoms with Crippen molar-refractivity contribution in [1.29, 1.82) is 0 Å². The van der Waals surface area contributed by atoms with E-state index in [-0.39, 0.29) is 53.4 Å². The summed E-state index contributed by atoms with van der Waals surface area (Å²) in [7, 11) is 1.70. The molecule has 3 fully saturated rings. The molecule has 3 aliphatic heterocycles. The zero-order chi connectivity index (χ0) is 29.3. The fourth-order valence-corrected chi connectivity index (χ4v) is 5.16. The van der Waals surface area contributed by atoms with Crippen LogP contribution in [0.2, 0.25) is 0 Å². The predicted molar refractivity (Wildman–Crippen MR) is 143 cm³/mol. The second kappa shape index (κ2) is 11.9. The molecule has 220 valence electrons. The maximum absolute atomic E-state index is 12.4. The lowest BCUT2D eigenvalue weighted by molar-refractivity contribution is -0.145. The van der Waals surface area contributed by atoms with E-state index in [0.29, 0.717) is 32.5 Å². The zero-order valence-electron chi connectivity index (χ0n) is 22.9. The number of amides is 3. The number of carbonyl (C=O) groups excluding carboxylic acids is 3. The van der Waals surface area contributed by atoms with E-state index in [9.17, 15) is 24.6 Å². The third kappa shape index (κ3) is 5.76. The summed E-state index contributed by atoms with van der Waals surface area (Å²) in [6.45, 7) is 3.41. The maximum atomic E-state index is 12.4. The molecule has 2 aromatic rings. The second-order valence-corrected chi connectivity index (χ2v) is 10.5. The van der Waals surface area contributed by atoms with Crippen LogP contribution in [0.4, 0.5) is 10.6 Å². The van der Waals surface area contributed by atoms with Gasteiger partial charge in [-0.05, 0) is 31.6 Å². The minimum absolute atomic E-state index is 0.0417. The highest BCUT2D eigenvalue weighted by atomic mass is 16.6. The summed E-state index contributed by atoms with van der Waals surface area (Å²) < 4.78 is 12.5. The molecule has 0 radical (unpaired) electrons.